The molecule has 0 amide bonds. The molecule has 0 aliphatic carbocycles. The summed E-state index contributed by atoms with van der Waals surface area (Å²) in [4.78, 5) is 8.64. The van der Waals surface area contributed by atoms with Crippen LogP contribution in [0, 0.1) is 26.6 Å². The molecule has 8 nitrogen and oxygen atoms in total. The lowest BCUT2D eigenvalue weighted by Crippen LogP contribution is -2.05. The molecule has 154 valence electrons. The van der Waals surface area contributed by atoms with E-state index in [2.05, 4.69) is 25.5 Å². The maximum atomic E-state index is 13.3. The van der Waals surface area contributed by atoms with Crippen molar-refractivity contribution in [2.45, 2.75) is 20.8 Å². The smallest absolute Gasteiger partial charge is 0.163 e. The number of hydrogen-bond donors (Lipinski definition) is 1. The van der Waals surface area contributed by atoms with Gasteiger partial charge in [-0.15, -0.1) is 0 Å². The molecule has 0 unspecified atom stereocenters. The average Bonchev–Trinajstić information content (AvgIpc) is 3.17. The highest BCUT2D eigenvalue weighted by atomic mass is 19.1. The molecule has 0 spiro atoms. The fraction of sp³-hybridized carbons (Fsp3) is 0.238. The Hall–Kier alpha value is -3.75. The first-order valence-corrected chi connectivity index (χ1v) is 9.38. The van der Waals surface area contributed by atoms with Crippen LogP contribution in [-0.4, -0.2) is 36.6 Å². The van der Waals surface area contributed by atoms with Gasteiger partial charge in [-0.2, -0.15) is 10.2 Å². The van der Waals surface area contributed by atoms with Crippen molar-refractivity contribution in [3.05, 3.63) is 59.4 Å². The predicted molar refractivity (Wildman–Crippen MR) is 112 cm³/mol. The van der Waals surface area contributed by atoms with Gasteiger partial charge in [-0.25, -0.2) is 19.0 Å². The number of nitrogens with zero attached hydrogens (tertiary/aromatic N) is 6. The fourth-order valence-corrected chi connectivity index (χ4v) is 3.56. The zero-order valence-corrected chi connectivity index (χ0v) is 17.4. The summed E-state index contributed by atoms with van der Waals surface area (Å²) in [5.41, 5.74) is 4.35. The molecular weight excluding hydrogens is 385 g/mol. The van der Waals surface area contributed by atoms with Crippen LogP contribution in [0.1, 0.15) is 17.0 Å². The summed E-state index contributed by atoms with van der Waals surface area (Å²) in [6.45, 7) is 5.77. The summed E-state index contributed by atoms with van der Waals surface area (Å²) in [5, 5.41) is 12.3. The van der Waals surface area contributed by atoms with Crippen molar-refractivity contribution >= 4 is 11.6 Å². The molecule has 0 fully saturated rings. The van der Waals surface area contributed by atoms with Gasteiger partial charge in [0.15, 0.2) is 17.4 Å². The number of rotatable bonds is 5. The predicted octanol–water partition coefficient (Wildman–Crippen LogP) is 3.88. The molecule has 0 aliphatic rings. The van der Waals surface area contributed by atoms with E-state index in [4.69, 9.17) is 4.74 Å². The van der Waals surface area contributed by atoms with Crippen molar-refractivity contribution < 1.29 is 9.13 Å². The van der Waals surface area contributed by atoms with Gasteiger partial charge in [0.2, 0.25) is 0 Å². The number of nitrogens with one attached hydrogen (secondary N) is 1. The second-order valence-electron chi connectivity index (χ2n) is 6.96. The maximum absolute atomic E-state index is 13.3. The number of halogens is 1. The van der Waals surface area contributed by atoms with Crippen molar-refractivity contribution in [1.82, 2.24) is 29.5 Å². The maximum Gasteiger partial charge on any atom is 0.163 e. The van der Waals surface area contributed by atoms with Crippen LogP contribution >= 0.6 is 0 Å². The zero-order valence-electron chi connectivity index (χ0n) is 17.4. The number of benzene rings is 1. The Bertz CT molecular complexity index is 1210. The third-order valence-corrected chi connectivity index (χ3v) is 4.95. The Labute approximate surface area is 173 Å². The van der Waals surface area contributed by atoms with Gasteiger partial charge in [0.05, 0.1) is 18.5 Å². The Morgan fingerprint density at radius 1 is 1.03 bits per heavy atom. The van der Waals surface area contributed by atoms with Gasteiger partial charge in [-0.05, 0) is 45.0 Å². The highest BCUT2D eigenvalue weighted by Gasteiger charge is 2.17. The van der Waals surface area contributed by atoms with Crippen LogP contribution < -0.4 is 10.1 Å². The van der Waals surface area contributed by atoms with Gasteiger partial charge in [-0.1, -0.05) is 0 Å². The minimum atomic E-state index is -0.272. The van der Waals surface area contributed by atoms with Gasteiger partial charge in [0.25, 0.3) is 0 Å². The number of hydrogen-bond acceptors (Lipinski definition) is 6. The molecule has 1 aromatic carbocycles. The number of aryl methyl sites for hydroxylation is 2. The highest BCUT2D eigenvalue weighted by molar-refractivity contribution is 5.71. The molecule has 0 saturated heterocycles. The normalized spacial score (nSPS) is 11.0. The highest BCUT2D eigenvalue weighted by Crippen LogP contribution is 2.30. The molecule has 1 N–H and O–H groups in total. The molecule has 0 radical (unpaired) electrons. The quantitative estimate of drug-likeness (QED) is 0.541. The molecule has 30 heavy (non-hydrogen) atoms. The summed E-state index contributed by atoms with van der Waals surface area (Å²) in [7, 11) is 3.47. The van der Waals surface area contributed by atoms with Crippen molar-refractivity contribution in [3.63, 3.8) is 0 Å². The molecule has 0 aliphatic heterocycles. The van der Waals surface area contributed by atoms with Gasteiger partial charge in [0, 0.05) is 24.2 Å². The SMILES string of the molecule is COc1c(C)nn(-c2cc(Nc3nn(C)c(-c4ccc(F)cc4)c3C)ncn2)c1C. The summed E-state index contributed by atoms with van der Waals surface area (Å²) in [6.07, 6.45) is 1.47. The molecule has 9 heteroatoms. The van der Waals surface area contributed by atoms with E-state index in [-0.39, 0.29) is 5.82 Å². The van der Waals surface area contributed by atoms with Gasteiger partial charge in [0.1, 0.15) is 23.7 Å². The first-order valence-electron chi connectivity index (χ1n) is 9.38. The molecule has 3 heterocycles. The Kier molecular flexibility index (Phi) is 4.94. The third-order valence-electron chi connectivity index (χ3n) is 4.95. The van der Waals surface area contributed by atoms with E-state index in [1.165, 1.54) is 18.5 Å². The zero-order chi connectivity index (χ0) is 21.4. The van der Waals surface area contributed by atoms with Crippen LogP contribution in [0.5, 0.6) is 5.75 Å². The Morgan fingerprint density at radius 2 is 1.77 bits per heavy atom. The van der Waals surface area contributed by atoms with Gasteiger partial charge >= 0.3 is 0 Å². The standard InChI is InChI=1S/C21H22FN7O/c1-12-19(15-6-8-16(22)9-7-15)28(4)27-21(12)25-17-10-18(24-11-23-17)29-14(3)20(30-5)13(2)26-29/h6-11H,1-5H3,(H,23,24,25,27). The topological polar surface area (TPSA) is 82.7 Å². The second-order valence-corrected chi connectivity index (χ2v) is 6.96. The summed E-state index contributed by atoms with van der Waals surface area (Å²) in [6, 6.07) is 8.15. The van der Waals surface area contributed by atoms with E-state index < -0.39 is 0 Å². The van der Waals surface area contributed by atoms with Crippen LogP contribution in [-0.2, 0) is 7.05 Å². The largest absolute Gasteiger partial charge is 0.493 e. The van der Waals surface area contributed by atoms with Gasteiger partial charge < -0.3 is 10.1 Å². The van der Waals surface area contributed by atoms with E-state index in [1.54, 1.807) is 34.7 Å². The van der Waals surface area contributed by atoms with Crippen LogP contribution in [0.25, 0.3) is 17.1 Å². The molecule has 4 aromatic rings. The minimum absolute atomic E-state index is 0.272. The van der Waals surface area contributed by atoms with Crippen molar-refractivity contribution in [1.29, 1.82) is 0 Å². The monoisotopic (exact) mass is 407 g/mol. The summed E-state index contributed by atoms with van der Waals surface area (Å²) in [5.74, 6) is 2.31. The third kappa shape index (κ3) is 3.38. The van der Waals surface area contributed by atoms with Gasteiger partial charge in [-0.3, -0.25) is 4.68 Å². The van der Waals surface area contributed by atoms with E-state index in [0.29, 0.717) is 17.5 Å². The lowest BCUT2D eigenvalue weighted by molar-refractivity contribution is 0.408. The van der Waals surface area contributed by atoms with E-state index in [1.807, 2.05) is 27.8 Å². The lowest BCUT2D eigenvalue weighted by atomic mass is 10.1. The van der Waals surface area contributed by atoms with E-state index >= 15 is 0 Å². The second kappa shape index (κ2) is 7.58. The van der Waals surface area contributed by atoms with Crippen molar-refractivity contribution in [2.75, 3.05) is 12.4 Å². The van der Waals surface area contributed by atoms with Crippen LogP contribution in [0.15, 0.2) is 36.7 Å². The van der Waals surface area contributed by atoms with E-state index in [0.717, 1.165) is 34.0 Å². The average molecular weight is 407 g/mol. The van der Waals surface area contributed by atoms with Crippen LogP contribution in [0.4, 0.5) is 16.0 Å². The number of ether oxygens (including phenoxy) is 1. The number of methoxy groups -OCH3 is 1. The fourth-order valence-electron chi connectivity index (χ4n) is 3.56. The molecule has 4 rings (SSSR count). The summed E-state index contributed by atoms with van der Waals surface area (Å²) >= 11 is 0. The Balaban J connectivity index is 1.67. The lowest BCUT2D eigenvalue weighted by Gasteiger charge is -2.07. The molecule has 3 aromatic heterocycles. The minimum Gasteiger partial charge on any atom is -0.493 e. The summed E-state index contributed by atoms with van der Waals surface area (Å²) < 4.78 is 22.2. The van der Waals surface area contributed by atoms with E-state index in [9.17, 15) is 4.39 Å². The Morgan fingerprint density at radius 3 is 2.43 bits per heavy atom. The molecule has 0 atom stereocenters. The van der Waals surface area contributed by atoms with Crippen LogP contribution in [0.2, 0.25) is 0 Å². The van der Waals surface area contributed by atoms with Crippen molar-refractivity contribution in [2.24, 2.45) is 7.05 Å². The first kappa shape index (κ1) is 19.6. The number of aromatic nitrogens is 6. The number of anilines is 2. The molecular formula is C21H22FN7O. The molecule has 0 saturated carbocycles. The van der Waals surface area contributed by atoms with Crippen molar-refractivity contribution in [3.8, 4) is 22.8 Å². The molecule has 0 bridgehead atoms. The first-order chi connectivity index (χ1) is 14.4. The van der Waals surface area contributed by atoms with Crippen LogP contribution in [0.3, 0.4) is 0 Å².